The molecule has 41 heavy (non-hydrogen) atoms. The summed E-state index contributed by atoms with van der Waals surface area (Å²) >= 11 is 0. The maximum absolute atomic E-state index is 13.7. The zero-order chi connectivity index (χ0) is 30.2. The van der Waals surface area contributed by atoms with Crippen LogP contribution in [0, 0.1) is 0 Å². The summed E-state index contributed by atoms with van der Waals surface area (Å²) in [6.45, 7) is 4.04. The Morgan fingerprint density at radius 1 is 1.12 bits per heavy atom. The van der Waals surface area contributed by atoms with Crippen LogP contribution < -0.4 is 20.5 Å². The van der Waals surface area contributed by atoms with E-state index in [4.69, 9.17) is 9.79 Å². The first kappa shape index (κ1) is 32.0. The van der Waals surface area contributed by atoms with Crippen molar-refractivity contribution < 1.29 is 42.8 Å². The second kappa shape index (κ2) is 14.4. The first-order valence-electron chi connectivity index (χ1n) is 13.7. The lowest BCUT2D eigenvalue weighted by Gasteiger charge is -2.43. The SMILES string of the molecule is CCCCCNC(=O)C1CCCN2C(=O)CCC(NC(=O)C(Cc3ccc(OP(=O)(O)O)cc3)NC(C)=O)C(=O)N12. The summed E-state index contributed by atoms with van der Waals surface area (Å²) in [4.78, 5) is 82.7. The molecule has 2 heterocycles. The number of phosphoric ester groups is 1. The second-order valence-corrected chi connectivity index (χ2v) is 11.3. The molecular formula is C26H38N5O9P. The average molecular weight is 596 g/mol. The molecule has 1 aromatic carbocycles. The normalized spacial score (nSPS) is 20.0. The zero-order valence-electron chi connectivity index (χ0n) is 23.2. The molecule has 0 bridgehead atoms. The molecule has 3 unspecified atom stereocenters. The van der Waals surface area contributed by atoms with Crippen LogP contribution in [0.5, 0.6) is 5.75 Å². The monoisotopic (exact) mass is 595 g/mol. The molecule has 15 heteroatoms. The summed E-state index contributed by atoms with van der Waals surface area (Å²) in [5, 5.41) is 10.6. The van der Waals surface area contributed by atoms with Crippen LogP contribution in [0.15, 0.2) is 24.3 Å². The molecule has 1 aromatic rings. The lowest BCUT2D eigenvalue weighted by Crippen LogP contribution is -2.64. The second-order valence-electron chi connectivity index (χ2n) is 10.1. The minimum atomic E-state index is -4.74. The molecular weight excluding hydrogens is 557 g/mol. The number of hydrogen-bond donors (Lipinski definition) is 5. The van der Waals surface area contributed by atoms with Crippen molar-refractivity contribution in [3.05, 3.63) is 29.8 Å². The third-order valence-corrected chi connectivity index (χ3v) is 7.29. The minimum Gasteiger partial charge on any atom is -0.404 e. The van der Waals surface area contributed by atoms with Crippen LogP contribution in [-0.4, -0.2) is 80.6 Å². The molecule has 0 spiro atoms. The van der Waals surface area contributed by atoms with Crippen molar-refractivity contribution in [1.29, 1.82) is 0 Å². The van der Waals surface area contributed by atoms with Gasteiger partial charge in [-0.2, -0.15) is 0 Å². The van der Waals surface area contributed by atoms with Gasteiger partial charge in [-0.15, -0.1) is 0 Å². The van der Waals surface area contributed by atoms with Gasteiger partial charge in [0.15, 0.2) is 0 Å². The fraction of sp³-hybridized carbons (Fsp3) is 0.577. The number of nitrogens with one attached hydrogen (secondary N) is 3. The van der Waals surface area contributed by atoms with Gasteiger partial charge in [-0.3, -0.25) is 38.8 Å². The summed E-state index contributed by atoms with van der Waals surface area (Å²) in [6, 6.07) is 2.53. The molecule has 2 aliphatic rings. The summed E-state index contributed by atoms with van der Waals surface area (Å²) in [6.07, 6.45) is 3.70. The zero-order valence-corrected chi connectivity index (χ0v) is 24.1. The topological polar surface area (TPSA) is 195 Å². The van der Waals surface area contributed by atoms with E-state index in [1.165, 1.54) is 41.2 Å². The third-order valence-electron chi connectivity index (χ3n) is 6.84. The van der Waals surface area contributed by atoms with Gasteiger partial charge in [0.25, 0.3) is 5.91 Å². The van der Waals surface area contributed by atoms with E-state index < -0.39 is 43.7 Å². The van der Waals surface area contributed by atoms with Crippen molar-refractivity contribution in [2.45, 2.75) is 83.3 Å². The fourth-order valence-electron chi connectivity index (χ4n) is 4.90. The summed E-state index contributed by atoms with van der Waals surface area (Å²) in [5.41, 5.74) is 0.543. The molecule has 3 atom stereocenters. The van der Waals surface area contributed by atoms with Crippen LogP contribution in [0.1, 0.15) is 64.4 Å². The molecule has 5 amide bonds. The average Bonchev–Trinajstić information content (AvgIpc) is 3.02. The van der Waals surface area contributed by atoms with Crippen LogP contribution in [-0.2, 0) is 35.0 Å². The van der Waals surface area contributed by atoms with Crippen LogP contribution in [0.2, 0.25) is 0 Å². The van der Waals surface area contributed by atoms with E-state index in [0.717, 1.165) is 19.3 Å². The first-order chi connectivity index (χ1) is 19.4. The van der Waals surface area contributed by atoms with Crippen molar-refractivity contribution in [3.8, 4) is 5.75 Å². The quantitative estimate of drug-likeness (QED) is 0.169. The molecule has 2 fully saturated rings. The molecule has 226 valence electrons. The lowest BCUT2D eigenvalue weighted by molar-refractivity contribution is -0.176. The van der Waals surface area contributed by atoms with Crippen LogP contribution in [0.4, 0.5) is 0 Å². The van der Waals surface area contributed by atoms with Crippen molar-refractivity contribution in [3.63, 3.8) is 0 Å². The highest BCUT2D eigenvalue weighted by Crippen LogP contribution is 2.37. The number of carbonyl (C=O) groups is 5. The predicted octanol–water partition coefficient (Wildman–Crippen LogP) is 0.525. The van der Waals surface area contributed by atoms with Gasteiger partial charge >= 0.3 is 7.82 Å². The van der Waals surface area contributed by atoms with Crippen molar-refractivity contribution in [2.75, 3.05) is 13.1 Å². The molecule has 2 aliphatic heterocycles. The molecule has 2 saturated heterocycles. The number of fused-ring (bicyclic) bond motifs is 1. The van der Waals surface area contributed by atoms with Gasteiger partial charge < -0.3 is 20.5 Å². The Kier molecular flexibility index (Phi) is 11.3. The number of rotatable bonds is 12. The Morgan fingerprint density at radius 2 is 1.83 bits per heavy atom. The Morgan fingerprint density at radius 3 is 2.46 bits per heavy atom. The number of hydrogen-bond acceptors (Lipinski definition) is 7. The Balaban J connectivity index is 1.74. The highest BCUT2D eigenvalue weighted by atomic mass is 31.2. The maximum atomic E-state index is 13.7. The smallest absolute Gasteiger partial charge is 0.404 e. The van der Waals surface area contributed by atoms with Crippen LogP contribution in [0.25, 0.3) is 0 Å². The van der Waals surface area contributed by atoms with E-state index in [0.29, 0.717) is 31.5 Å². The van der Waals surface area contributed by atoms with Crippen molar-refractivity contribution in [1.82, 2.24) is 26.0 Å². The number of hydrazine groups is 1. The van der Waals surface area contributed by atoms with E-state index in [-0.39, 0.29) is 36.8 Å². The molecule has 0 aliphatic carbocycles. The summed E-state index contributed by atoms with van der Waals surface area (Å²) in [7, 11) is -4.74. The molecule has 0 radical (unpaired) electrons. The summed E-state index contributed by atoms with van der Waals surface area (Å²) < 4.78 is 15.6. The Bertz CT molecular complexity index is 1170. The maximum Gasteiger partial charge on any atom is 0.524 e. The van der Waals surface area contributed by atoms with Gasteiger partial charge in [0, 0.05) is 32.9 Å². The van der Waals surface area contributed by atoms with Crippen LogP contribution in [0.3, 0.4) is 0 Å². The molecule has 0 aromatic heterocycles. The Labute approximate surface area is 238 Å². The van der Waals surface area contributed by atoms with Gasteiger partial charge in [0.1, 0.15) is 23.9 Å². The van der Waals surface area contributed by atoms with Gasteiger partial charge in [-0.25, -0.2) is 9.57 Å². The lowest BCUT2D eigenvalue weighted by atomic mass is 10.0. The molecule has 5 N–H and O–H groups in total. The first-order valence-corrected chi connectivity index (χ1v) is 15.2. The summed E-state index contributed by atoms with van der Waals surface area (Å²) in [5.74, 6) is -2.45. The van der Waals surface area contributed by atoms with E-state index in [1.54, 1.807) is 0 Å². The number of phosphoric acid groups is 1. The molecule has 14 nitrogen and oxygen atoms in total. The van der Waals surface area contributed by atoms with Gasteiger partial charge in [0.2, 0.25) is 23.6 Å². The molecule has 0 saturated carbocycles. The van der Waals surface area contributed by atoms with Crippen molar-refractivity contribution >= 4 is 37.4 Å². The fourth-order valence-corrected chi connectivity index (χ4v) is 5.29. The van der Waals surface area contributed by atoms with E-state index in [9.17, 15) is 28.5 Å². The highest BCUT2D eigenvalue weighted by molar-refractivity contribution is 7.46. The Hall–Kier alpha value is -3.48. The van der Waals surface area contributed by atoms with Gasteiger partial charge in [-0.1, -0.05) is 31.9 Å². The van der Waals surface area contributed by atoms with Crippen LogP contribution >= 0.6 is 7.82 Å². The number of amides is 5. The standard InChI is InChI=1S/C26H38N5O9P/c1-3-4-5-14-27-25(35)22-7-6-15-30-23(33)13-12-20(26(36)31(22)30)29-24(34)21(28-17(2)32)16-18-8-10-19(11-9-18)40-41(37,38)39/h8-11,20-22H,3-7,12-16H2,1-2H3,(H,27,35)(H,28,32)(H,29,34)(H2,37,38,39). The van der Waals surface area contributed by atoms with E-state index in [1.807, 2.05) is 6.92 Å². The number of unbranched alkanes of at least 4 members (excludes halogenated alkanes) is 2. The van der Waals surface area contributed by atoms with E-state index in [2.05, 4.69) is 20.5 Å². The number of nitrogens with zero attached hydrogens (tertiary/aromatic N) is 2. The number of carbonyl (C=O) groups excluding carboxylic acids is 5. The van der Waals surface area contributed by atoms with Crippen molar-refractivity contribution in [2.24, 2.45) is 0 Å². The third kappa shape index (κ3) is 9.27. The minimum absolute atomic E-state index is 0.0000747. The number of benzene rings is 1. The highest BCUT2D eigenvalue weighted by Gasteiger charge is 2.44. The largest absolute Gasteiger partial charge is 0.524 e. The molecule has 3 rings (SSSR count). The van der Waals surface area contributed by atoms with Gasteiger partial charge in [-0.05, 0) is 43.4 Å². The predicted molar refractivity (Wildman–Crippen MR) is 146 cm³/mol. The van der Waals surface area contributed by atoms with E-state index >= 15 is 0 Å². The van der Waals surface area contributed by atoms with Gasteiger partial charge in [0.05, 0.1) is 0 Å².